The van der Waals surface area contributed by atoms with Crippen molar-refractivity contribution in [1.82, 2.24) is 4.98 Å². The highest BCUT2D eigenvalue weighted by atomic mass is 16.5. The Morgan fingerprint density at radius 3 is 2.92 bits per heavy atom. The van der Waals surface area contributed by atoms with E-state index in [9.17, 15) is 4.79 Å². The average molecular weight is 181 g/mol. The average Bonchev–Trinajstić information content (AvgIpc) is 2.08. The quantitative estimate of drug-likeness (QED) is 0.767. The van der Waals surface area contributed by atoms with Crippen molar-refractivity contribution in [2.75, 3.05) is 6.61 Å². The third kappa shape index (κ3) is 1.96. The summed E-state index contributed by atoms with van der Waals surface area (Å²) in [5.74, 6) is -0.704. The molecule has 0 atom stereocenters. The van der Waals surface area contributed by atoms with Crippen LogP contribution in [0, 0.1) is 6.92 Å². The molecule has 0 amide bonds. The molecule has 0 saturated heterocycles. The van der Waals surface area contributed by atoms with Crippen molar-refractivity contribution >= 4 is 5.97 Å². The Hall–Kier alpha value is -1.58. The molecule has 1 heterocycles. The second kappa shape index (κ2) is 3.89. The molecule has 4 nitrogen and oxygen atoms in total. The summed E-state index contributed by atoms with van der Waals surface area (Å²) in [4.78, 5) is 14.4. The van der Waals surface area contributed by atoms with Gasteiger partial charge in [-0.25, -0.2) is 9.78 Å². The van der Waals surface area contributed by atoms with Crippen molar-refractivity contribution in [2.24, 2.45) is 0 Å². The third-order valence-corrected chi connectivity index (χ3v) is 1.59. The standard InChI is InChI=1S/C9H11NO3/c1-3-13-8-6(2)4-5-10-7(8)9(11)12/h4-5H,3H2,1-2H3,(H,11,12). The number of aryl methyl sites for hydroxylation is 1. The lowest BCUT2D eigenvalue weighted by molar-refractivity contribution is 0.0685. The fourth-order valence-corrected chi connectivity index (χ4v) is 1.02. The van der Waals surface area contributed by atoms with E-state index in [2.05, 4.69) is 4.98 Å². The first-order valence-electron chi connectivity index (χ1n) is 3.98. The highest BCUT2D eigenvalue weighted by molar-refractivity contribution is 5.88. The van der Waals surface area contributed by atoms with E-state index in [1.165, 1.54) is 6.20 Å². The van der Waals surface area contributed by atoms with E-state index in [0.717, 1.165) is 5.56 Å². The Morgan fingerprint density at radius 1 is 1.69 bits per heavy atom. The summed E-state index contributed by atoms with van der Waals surface area (Å²) in [5, 5.41) is 8.77. The molecule has 1 N–H and O–H groups in total. The van der Waals surface area contributed by atoms with Crippen LogP contribution in [-0.2, 0) is 0 Å². The van der Waals surface area contributed by atoms with Crippen molar-refractivity contribution < 1.29 is 14.6 Å². The fourth-order valence-electron chi connectivity index (χ4n) is 1.02. The van der Waals surface area contributed by atoms with Crippen LogP contribution in [0.25, 0.3) is 0 Å². The molecule has 4 heteroatoms. The summed E-state index contributed by atoms with van der Waals surface area (Å²) in [6.45, 7) is 4.03. The lowest BCUT2D eigenvalue weighted by Crippen LogP contribution is -2.06. The van der Waals surface area contributed by atoms with E-state index in [0.29, 0.717) is 12.4 Å². The third-order valence-electron chi connectivity index (χ3n) is 1.59. The predicted octanol–water partition coefficient (Wildman–Crippen LogP) is 1.49. The van der Waals surface area contributed by atoms with Crippen molar-refractivity contribution in [3.8, 4) is 5.75 Å². The molecule has 0 aliphatic rings. The number of rotatable bonds is 3. The number of carbonyl (C=O) groups is 1. The van der Waals surface area contributed by atoms with Gasteiger partial charge >= 0.3 is 5.97 Å². The molecule has 0 spiro atoms. The zero-order valence-corrected chi connectivity index (χ0v) is 7.57. The maximum absolute atomic E-state index is 10.7. The molecule has 0 fully saturated rings. The zero-order chi connectivity index (χ0) is 9.84. The monoisotopic (exact) mass is 181 g/mol. The van der Waals surface area contributed by atoms with Crippen LogP contribution in [0.4, 0.5) is 0 Å². The number of aromatic nitrogens is 1. The van der Waals surface area contributed by atoms with Crippen LogP contribution in [0.1, 0.15) is 23.0 Å². The Kier molecular flexibility index (Phi) is 2.84. The van der Waals surface area contributed by atoms with E-state index in [1.807, 2.05) is 0 Å². The number of carboxylic acid groups (broad SMARTS) is 1. The van der Waals surface area contributed by atoms with Gasteiger partial charge < -0.3 is 9.84 Å². The lowest BCUT2D eigenvalue weighted by Gasteiger charge is -2.08. The molecule has 0 bridgehead atoms. The van der Waals surface area contributed by atoms with Crippen molar-refractivity contribution in [3.05, 3.63) is 23.5 Å². The van der Waals surface area contributed by atoms with Crippen LogP contribution >= 0.6 is 0 Å². The summed E-state index contributed by atoms with van der Waals surface area (Å²) in [6.07, 6.45) is 1.46. The van der Waals surface area contributed by atoms with Gasteiger partial charge in [-0.3, -0.25) is 0 Å². The summed E-state index contributed by atoms with van der Waals surface area (Å²) < 4.78 is 5.19. The van der Waals surface area contributed by atoms with Gasteiger partial charge in [0.15, 0.2) is 11.4 Å². The van der Waals surface area contributed by atoms with E-state index in [-0.39, 0.29) is 5.69 Å². The van der Waals surface area contributed by atoms with Crippen molar-refractivity contribution in [2.45, 2.75) is 13.8 Å². The molecular weight excluding hydrogens is 170 g/mol. The number of hydrogen-bond acceptors (Lipinski definition) is 3. The molecule has 0 saturated carbocycles. The largest absolute Gasteiger partial charge is 0.491 e. The Balaban J connectivity index is 3.17. The molecule has 13 heavy (non-hydrogen) atoms. The lowest BCUT2D eigenvalue weighted by atomic mass is 10.2. The van der Waals surface area contributed by atoms with E-state index in [4.69, 9.17) is 9.84 Å². The van der Waals surface area contributed by atoms with E-state index >= 15 is 0 Å². The first-order chi connectivity index (χ1) is 6.16. The normalized spacial score (nSPS) is 9.69. The van der Waals surface area contributed by atoms with Crippen LogP contribution in [0.5, 0.6) is 5.75 Å². The number of pyridine rings is 1. The molecule has 0 radical (unpaired) electrons. The fraction of sp³-hybridized carbons (Fsp3) is 0.333. The molecule has 0 unspecified atom stereocenters. The molecule has 70 valence electrons. The minimum absolute atomic E-state index is 0.0261. The first kappa shape index (κ1) is 9.51. The SMILES string of the molecule is CCOc1c(C)ccnc1C(=O)O. The van der Waals surface area contributed by atoms with Crippen LogP contribution in [0.3, 0.4) is 0 Å². The summed E-state index contributed by atoms with van der Waals surface area (Å²) in [5.41, 5.74) is 0.760. The minimum Gasteiger partial charge on any atom is -0.491 e. The van der Waals surface area contributed by atoms with Crippen LogP contribution in [0.2, 0.25) is 0 Å². The zero-order valence-electron chi connectivity index (χ0n) is 7.57. The van der Waals surface area contributed by atoms with Gasteiger partial charge in [0.1, 0.15) is 0 Å². The van der Waals surface area contributed by atoms with Crippen molar-refractivity contribution in [1.29, 1.82) is 0 Å². The Bertz CT molecular complexity index is 323. The minimum atomic E-state index is -1.06. The summed E-state index contributed by atoms with van der Waals surface area (Å²) in [6, 6.07) is 1.72. The van der Waals surface area contributed by atoms with Gasteiger partial charge in [0.05, 0.1) is 6.61 Å². The molecule has 0 aliphatic carbocycles. The number of hydrogen-bond donors (Lipinski definition) is 1. The van der Waals surface area contributed by atoms with Gasteiger partial charge in [-0.15, -0.1) is 0 Å². The number of aromatic carboxylic acids is 1. The van der Waals surface area contributed by atoms with E-state index in [1.54, 1.807) is 19.9 Å². The molecule has 0 aromatic carbocycles. The number of nitrogens with zero attached hydrogens (tertiary/aromatic N) is 1. The number of ether oxygens (including phenoxy) is 1. The molecule has 1 aromatic heterocycles. The summed E-state index contributed by atoms with van der Waals surface area (Å²) in [7, 11) is 0. The molecular formula is C9H11NO3. The van der Waals surface area contributed by atoms with Crippen LogP contribution < -0.4 is 4.74 Å². The van der Waals surface area contributed by atoms with Crippen molar-refractivity contribution in [3.63, 3.8) is 0 Å². The maximum atomic E-state index is 10.7. The van der Waals surface area contributed by atoms with Gasteiger partial charge in [0.25, 0.3) is 0 Å². The first-order valence-corrected chi connectivity index (χ1v) is 3.98. The highest BCUT2D eigenvalue weighted by Crippen LogP contribution is 2.20. The Labute approximate surface area is 76.2 Å². The van der Waals surface area contributed by atoms with Gasteiger partial charge in [-0.2, -0.15) is 0 Å². The number of carboxylic acids is 1. The van der Waals surface area contributed by atoms with Gasteiger partial charge in [-0.1, -0.05) is 0 Å². The van der Waals surface area contributed by atoms with Gasteiger partial charge in [0.2, 0.25) is 0 Å². The Morgan fingerprint density at radius 2 is 2.38 bits per heavy atom. The smallest absolute Gasteiger partial charge is 0.358 e. The van der Waals surface area contributed by atoms with Crippen LogP contribution in [-0.4, -0.2) is 22.7 Å². The van der Waals surface area contributed by atoms with Gasteiger partial charge in [0, 0.05) is 6.20 Å². The maximum Gasteiger partial charge on any atom is 0.358 e. The summed E-state index contributed by atoms with van der Waals surface area (Å²) >= 11 is 0. The molecule has 1 aromatic rings. The second-order valence-electron chi connectivity index (χ2n) is 2.54. The molecule has 0 aliphatic heterocycles. The van der Waals surface area contributed by atoms with Crippen LogP contribution in [0.15, 0.2) is 12.3 Å². The van der Waals surface area contributed by atoms with Gasteiger partial charge in [-0.05, 0) is 25.5 Å². The second-order valence-corrected chi connectivity index (χ2v) is 2.54. The molecule has 1 rings (SSSR count). The predicted molar refractivity (Wildman–Crippen MR) is 47.1 cm³/mol. The highest BCUT2D eigenvalue weighted by Gasteiger charge is 2.14. The topological polar surface area (TPSA) is 59.4 Å². The van der Waals surface area contributed by atoms with E-state index < -0.39 is 5.97 Å².